The van der Waals surface area contributed by atoms with Gasteiger partial charge in [0.2, 0.25) is 5.91 Å². The molecule has 32 heavy (non-hydrogen) atoms. The number of fused-ring (bicyclic) bond motifs is 1. The molecular weight excluding hydrogens is 404 g/mol. The van der Waals surface area contributed by atoms with Crippen molar-refractivity contribution in [3.05, 3.63) is 89.7 Å². The van der Waals surface area contributed by atoms with Gasteiger partial charge in [-0.05, 0) is 48.4 Å². The number of likely N-dealkylation sites (tertiary alicyclic amines) is 1. The van der Waals surface area contributed by atoms with Crippen LogP contribution in [0.4, 0.5) is 0 Å². The molecule has 3 heterocycles. The summed E-state index contributed by atoms with van der Waals surface area (Å²) in [6.07, 6.45) is 3.49. The van der Waals surface area contributed by atoms with Gasteiger partial charge < -0.3 is 14.7 Å². The van der Waals surface area contributed by atoms with Gasteiger partial charge in [0, 0.05) is 30.4 Å². The van der Waals surface area contributed by atoms with Crippen molar-refractivity contribution in [1.82, 2.24) is 20.7 Å². The van der Waals surface area contributed by atoms with E-state index in [1.165, 1.54) is 0 Å². The molecule has 0 spiro atoms. The number of hydrogen-bond acceptors (Lipinski definition) is 6. The van der Waals surface area contributed by atoms with Crippen LogP contribution < -0.4 is 15.6 Å². The maximum Gasteiger partial charge on any atom is 0.242 e. The van der Waals surface area contributed by atoms with Crippen LogP contribution in [0.15, 0.2) is 73.1 Å². The average molecular weight is 431 g/mol. The highest BCUT2D eigenvalue weighted by atomic mass is 16.5. The molecule has 3 N–H and O–H groups in total. The molecule has 0 saturated carbocycles. The molecular formula is C25H26N4O3. The minimum atomic E-state index is -0.391. The fourth-order valence-electron chi connectivity index (χ4n) is 4.91. The van der Waals surface area contributed by atoms with Crippen molar-refractivity contribution in [2.75, 3.05) is 6.61 Å². The van der Waals surface area contributed by atoms with Crippen molar-refractivity contribution in [3.8, 4) is 11.5 Å². The minimum Gasteiger partial charge on any atom is -0.508 e. The fraction of sp³-hybridized carbons (Fsp3) is 0.280. The molecule has 2 aliphatic rings. The number of nitrogens with one attached hydrogen (secondary N) is 2. The normalized spacial score (nSPS) is 24.5. The highest BCUT2D eigenvalue weighted by molar-refractivity contribution is 5.86. The van der Waals surface area contributed by atoms with Gasteiger partial charge in [-0.1, -0.05) is 30.3 Å². The summed E-state index contributed by atoms with van der Waals surface area (Å²) in [7, 11) is 0. The zero-order valence-corrected chi connectivity index (χ0v) is 17.8. The molecule has 0 aliphatic carbocycles. The van der Waals surface area contributed by atoms with E-state index in [-0.39, 0.29) is 29.7 Å². The molecule has 4 atom stereocenters. The number of benzene rings is 2. The Hall–Kier alpha value is -3.42. The van der Waals surface area contributed by atoms with Gasteiger partial charge in [0.05, 0.1) is 18.7 Å². The van der Waals surface area contributed by atoms with Crippen LogP contribution in [0.1, 0.15) is 35.7 Å². The van der Waals surface area contributed by atoms with Gasteiger partial charge in [0.1, 0.15) is 17.5 Å². The molecule has 5 rings (SSSR count). The van der Waals surface area contributed by atoms with Crippen LogP contribution in [-0.4, -0.2) is 33.5 Å². The summed E-state index contributed by atoms with van der Waals surface area (Å²) in [6, 6.07) is 18.3. The van der Waals surface area contributed by atoms with Crippen molar-refractivity contribution >= 4 is 5.91 Å². The van der Waals surface area contributed by atoms with Gasteiger partial charge in [-0.25, -0.2) is 10.9 Å². The number of ether oxygens (including phenoxy) is 1. The second kappa shape index (κ2) is 8.61. The molecule has 2 saturated heterocycles. The molecule has 0 bridgehead atoms. The SMILES string of the molecule is CCOc1ccc(C2C3C(NNC3c3ccccc3O)C(=O)N2Cc2ccncc2)cc1. The Labute approximate surface area is 187 Å². The summed E-state index contributed by atoms with van der Waals surface area (Å²) in [5, 5.41) is 10.5. The number of pyridine rings is 1. The summed E-state index contributed by atoms with van der Waals surface area (Å²) >= 11 is 0. The van der Waals surface area contributed by atoms with Gasteiger partial charge in [-0.3, -0.25) is 9.78 Å². The van der Waals surface area contributed by atoms with E-state index in [1.54, 1.807) is 24.5 Å². The Kier molecular flexibility index (Phi) is 5.51. The minimum absolute atomic E-state index is 0.0381. The molecule has 164 valence electrons. The predicted octanol–water partition coefficient (Wildman–Crippen LogP) is 3.10. The number of aromatic hydroxyl groups is 1. The summed E-state index contributed by atoms with van der Waals surface area (Å²) in [5.41, 5.74) is 9.31. The number of amides is 1. The Morgan fingerprint density at radius 3 is 2.44 bits per heavy atom. The molecule has 7 nitrogen and oxygen atoms in total. The number of phenols is 1. The van der Waals surface area contributed by atoms with Gasteiger partial charge in [0.25, 0.3) is 0 Å². The standard InChI is InChI=1S/C25H26N4O3/c1-2-32-18-9-7-17(8-10-18)24-21-22(19-5-3-4-6-20(19)30)27-28-23(21)25(31)29(24)15-16-11-13-26-14-12-16/h3-14,21-24,27-28,30H,2,15H2,1H3. The zero-order chi connectivity index (χ0) is 22.1. The van der Waals surface area contributed by atoms with Crippen molar-refractivity contribution in [1.29, 1.82) is 0 Å². The van der Waals surface area contributed by atoms with Crippen LogP contribution in [0.2, 0.25) is 0 Å². The fourth-order valence-corrected chi connectivity index (χ4v) is 4.91. The summed E-state index contributed by atoms with van der Waals surface area (Å²) in [4.78, 5) is 19.6. The Bertz CT molecular complexity index is 1090. The number of hydrogen-bond donors (Lipinski definition) is 3. The number of hydrazine groups is 1. The average Bonchev–Trinajstić information content (AvgIpc) is 3.35. The van der Waals surface area contributed by atoms with Gasteiger partial charge in [-0.2, -0.15) is 0 Å². The number of phenolic OH excluding ortho intramolecular Hbond substituents is 1. The first kappa shape index (κ1) is 20.5. The van der Waals surface area contributed by atoms with Crippen LogP contribution in [0, 0.1) is 5.92 Å². The third-order valence-electron chi connectivity index (χ3n) is 6.32. The number of aromatic nitrogens is 1. The lowest BCUT2D eigenvalue weighted by molar-refractivity contribution is -0.131. The van der Waals surface area contributed by atoms with Crippen molar-refractivity contribution in [2.24, 2.45) is 5.92 Å². The second-order valence-corrected chi connectivity index (χ2v) is 8.15. The van der Waals surface area contributed by atoms with E-state index in [0.717, 1.165) is 22.4 Å². The van der Waals surface area contributed by atoms with E-state index in [4.69, 9.17) is 4.74 Å². The molecule has 0 radical (unpaired) electrons. The van der Waals surface area contributed by atoms with Crippen LogP contribution in [0.5, 0.6) is 11.5 Å². The van der Waals surface area contributed by atoms with Gasteiger partial charge in [-0.15, -0.1) is 0 Å². The monoisotopic (exact) mass is 430 g/mol. The van der Waals surface area contributed by atoms with Crippen LogP contribution in [0.25, 0.3) is 0 Å². The molecule has 7 heteroatoms. The maximum absolute atomic E-state index is 13.5. The van der Waals surface area contributed by atoms with Crippen molar-refractivity contribution in [3.63, 3.8) is 0 Å². The topological polar surface area (TPSA) is 86.7 Å². The molecule has 4 unspecified atom stereocenters. The second-order valence-electron chi connectivity index (χ2n) is 8.15. The van der Waals surface area contributed by atoms with Crippen LogP contribution >= 0.6 is 0 Å². The third-order valence-corrected chi connectivity index (χ3v) is 6.32. The Morgan fingerprint density at radius 2 is 1.72 bits per heavy atom. The lowest BCUT2D eigenvalue weighted by atomic mass is 9.83. The van der Waals surface area contributed by atoms with Gasteiger partial charge >= 0.3 is 0 Å². The Morgan fingerprint density at radius 1 is 1.00 bits per heavy atom. The lowest BCUT2D eigenvalue weighted by Gasteiger charge is -2.31. The lowest BCUT2D eigenvalue weighted by Crippen LogP contribution is -2.41. The van der Waals surface area contributed by atoms with Crippen LogP contribution in [0.3, 0.4) is 0 Å². The molecule has 3 aromatic rings. The van der Waals surface area contributed by atoms with E-state index in [1.807, 2.05) is 60.4 Å². The molecule has 1 amide bonds. The molecule has 2 aliphatic heterocycles. The van der Waals surface area contributed by atoms with Crippen LogP contribution in [-0.2, 0) is 11.3 Å². The quantitative estimate of drug-likeness (QED) is 0.557. The van der Waals surface area contributed by atoms with E-state index in [2.05, 4.69) is 15.8 Å². The highest BCUT2D eigenvalue weighted by Crippen LogP contribution is 2.49. The zero-order valence-electron chi connectivity index (χ0n) is 17.8. The summed E-state index contributed by atoms with van der Waals surface area (Å²) in [5.74, 6) is 0.961. The summed E-state index contributed by atoms with van der Waals surface area (Å²) < 4.78 is 5.61. The third kappa shape index (κ3) is 3.59. The van der Waals surface area contributed by atoms with Crippen molar-refractivity contribution < 1.29 is 14.6 Å². The van der Waals surface area contributed by atoms with Crippen molar-refractivity contribution in [2.45, 2.75) is 31.6 Å². The van der Waals surface area contributed by atoms with Gasteiger partial charge in [0.15, 0.2) is 0 Å². The summed E-state index contributed by atoms with van der Waals surface area (Å²) in [6.45, 7) is 3.04. The number of nitrogens with zero attached hydrogens (tertiary/aromatic N) is 2. The van der Waals surface area contributed by atoms with E-state index >= 15 is 0 Å². The van der Waals surface area contributed by atoms with E-state index < -0.39 is 6.04 Å². The Balaban J connectivity index is 1.55. The molecule has 2 aromatic carbocycles. The molecule has 1 aromatic heterocycles. The van der Waals surface area contributed by atoms with E-state index in [0.29, 0.717) is 13.2 Å². The number of carbonyl (C=O) groups is 1. The first-order valence-corrected chi connectivity index (χ1v) is 10.9. The predicted molar refractivity (Wildman–Crippen MR) is 120 cm³/mol. The molecule has 2 fully saturated rings. The maximum atomic E-state index is 13.5. The number of para-hydroxylation sites is 1. The number of carbonyl (C=O) groups excluding carboxylic acids is 1. The number of rotatable bonds is 6. The first-order chi connectivity index (χ1) is 15.7. The smallest absolute Gasteiger partial charge is 0.242 e. The largest absolute Gasteiger partial charge is 0.508 e. The van der Waals surface area contributed by atoms with E-state index in [9.17, 15) is 9.90 Å². The highest BCUT2D eigenvalue weighted by Gasteiger charge is 2.55. The first-order valence-electron chi connectivity index (χ1n) is 10.9.